The first-order valence-electron chi connectivity index (χ1n) is 11.2. The SMILES string of the molecule is N[C@H](CC1CCCCC1)C(O)C(=O)NCCC12CC3CC(CC(C3)C1)C2. The summed E-state index contributed by atoms with van der Waals surface area (Å²) in [7, 11) is 0. The largest absolute Gasteiger partial charge is 0.382 e. The van der Waals surface area contributed by atoms with Gasteiger partial charge in [0.2, 0.25) is 5.91 Å². The van der Waals surface area contributed by atoms with Gasteiger partial charge in [0.15, 0.2) is 0 Å². The smallest absolute Gasteiger partial charge is 0.250 e. The van der Waals surface area contributed by atoms with Crippen LogP contribution < -0.4 is 11.1 Å². The zero-order chi connectivity index (χ0) is 18.1. The van der Waals surface area contributed by atoms with Crippen LogP contribution in [0.15, 0.2) is 0 Å². The number of hydrogen-bond acceptors (Lipinski definition) is 3. The third kappa shape index (κ3) is 4.11. The van der Waals surface area contributed by atoms with Crippen LogP contribution in [-0.4, -0.2) is 29.7 Å². The zero-order valence-corrected chi connectivity index (χ0v) is 16.3. The first-order chi connectivity index (χ1) is 12.5. The van der Waals surface area contributed by atoms with E-state index in [1.54, 1.807) is 0 Å². The molecule has 5 rings (SSSR count). The summed E-state index contributed by atoms with van der Waals surface area (Å²) >= 11 is 0. The van der Waals surface area contributed by atoms with Gasteiger partial charge in [0.05, 0.1) is 0 Å². The highest BCUT2D eigenvalue weighted by Crippen LogP contribution is 2.61. The molecule has 0 saturated heterocycles. The molecular formula is C22H38N2O2. The standard InChI is InChI=1S/C22H38N2O2/c23-19(11-15-4-2-1-3-5-15)20(25)21(26)24-7-6-22-12-16-8-17(13-22)10-18(9-16)14-22/h15-20,25H,1-14,23H2,(H,24,26)/t16?,17?,18?,19-,20?,22?/m1/s1. The van der Waals surface area contributed by atoms with E-state index in [0.717, 1.165) is 30.6 Å². The van der Waals surface area contributed by atoms with Crippen molar-refractivity contribution in [1.82, 2.24) is 5.32 Å². The fourth-order valence-corrected chi connectivity index (χ4v) is 7.28. The average molecular weight is 363 g/mol. The molecule has 5 aliphatic carbocycles. The Kier molecular flexibility index (Phi) is 5.61. The Morgan fingerprint density at radius 3 is 2.19 bits per heavy atom. The number of rotatable bonds is 7. The molecule has 1 unspecified atom stereocenters. The van der Waals surface area contributed by atoms with Crippen LogP contribution in [0.25, 0.3) is 0 Å². The maximum absolute atomic E-state index is 12.4. The van der Waals surface area contributed by atoms with Gasteiger partial charge in [-0.1, -0.05) is 32.1 Å². The predicted octanol–water partition coefficient (Wildman–Crippen LogP) is 3.37. The monoisotopic (exact) mass is 362 g/mol. The van der Waals surface area contributed by atoms with E-state index in [-0.39, 0.29) is 5.91 Å². The van der Waals surface area contributed by atoms with Gasteiger partial charge in [-0.25, -0.2) is 0 Å². The molecule has 26 heavy (non-hydrogen) atoms. The molecular weight excluding hydrogens is 324 g/mol. The first kappa shape index (κ1) is 18.7. The van der Waals surface area contributed by atoms with Crippen LogP contribution in [0.2, 0.25) is 0 Å². The first-order valence-corrected chi connectivity index (χ1v) is 11.2. The second-order valence-electron chi connectivity index (χ2n) is 10.3. The Labute approximate surface area is 158 Å². The molecule has 4 heteroatoms. The number of aliphatic hydroxyl groups excluding tert-OH is 1. The lowest BCUT2D eigenvalue weighted by Crippen LogP contribution is -2.50. The van der Waals surface area contributed by atoms with Gasteiger partial charge < -0.3 is 16.2 Å². The molecule has 0 aliphatic heterocycles. The zero-order valence-electron chi connectivity index (χ0n) is 16.3. The van der Waals surface area contributed by atoms with Crippen molar-refractivity contribution in [2.75, 3.05) is 6.54 Å². The van der Waals surface area contributed by atoms with Crippen LogP contribution in [0, 0.1) is 29.1 Å². The Morgan fingerprint density at radius 1 is 1.04 bits per heavy atom. The van der Waals surface area contributed by atoms with Gasteiger partial charge >= 0.3 is 0 Å². The summed E-state index contributed by atoms with van der Waals surface area (Å²) < 4.78 is 0. The highest BCUT2D eigenvalue weighted by Gasteiger charge is 2.50. The van der Waals surface area contributed by atoms with Crippen molar-refractivity contribution in [1.29, 1.82) is 0 Å². The van der Waals surface area contributed by atoms with Gasteiger partial charge in [0.25, 0.3) is 0 Å². The number of carbonyl (C=O) groups is 1. The molecule has 5 saturated carbocycles. The van der Waals surface area contributed by atoms with Crippen molar-refractivity contribution in [3.8, 4) is 0 Å². The molecule has 4 N–H and O–H groups in total. The third-order valence-electron chi connectivity index (χ3n) is 8.12. The lowest BCUT2D eigenvalue weighted by atomic mass is 9.49. The van der Waals surface area contributed by atoms with E-state index in [9.17, 15) is 9.90 Å². The van der Waals surface area contributed by atoms with E-state index in [0.29, 0.717) is 17.9 Å². The molecule has 4 nitrogen and oxygen atoms in total. The van der Waals surface area contributed by atoms with Crippen molar-refractivity contribution in [3.05, 3.63) is 0 Å². The summed E-state index contributed by atoms with van der Waals surface area (Å²) in [5.74, 6) is 3.19. The van der Waals surface area contributed by atoms with Crippen molar-refractivity contribution >= 4 is 5.91 Å². The van der Waals surface area contributed by atoms with E-state index in [4.69, 9.17) is 5.73 Å². The van der Waals surface area contributed by atoms with Crippen molar-refractivity contribution in [2.24, 2.45) is 34.8 Å². The molecule has 0 aromatic rings. The van der Waals surface area contributed by atoms with Crippen LogP contribution in [0.5, 0.6) is 0 Å². The molecule has 0 aromatic carbocycles. The second kappa shape index (κ2) is 7.79. The van der Waals surface area contributed by atoms with E-state index in [1.807, 2.05) is 0 Å². The Bertz CT molecular complexity index is 465. The molecule has 2 atom stereocenters. The summed E-state index contributed by atoms with van der Waals surface area (Å²) in [5, 5.41) is 13.3. The molecule has 0 radical (unpaired) electrons. The van der Waals surface area contributed by atoms with Gasteiger partial charge in [-0.3, -0.25) is 4.79 Å². The van der Waals surface area contributed by atoms with Gasteiger partial charge in [-0.2, -0.15) is 0 Å². The maximum atomic E-state index is 12.4. The lowest BCUT2D eigenvalue weighted by Gasteiger charge is -2.57. The second-order valence-corrected chi connectivity index (χ2v) is 10.3. The lowest BCUT2D eigenvalue weighted by molar-refractivity contribution is -0.131. The Balaban J connectivity index is 1.21. The molecule has 0 heterocycles. The van der Waals surface area contributed by atoms with Crippen LogP contribution in [0.3, 0.4) is 0 Å². The van der Waals surface area contributed by atoms with E-state index < -0.39 is 12.1 Å². The van der Waals surface area contributed by atoms with Crippen molar-refractivity contribution in [2.45, 2.75) is 95.6 Å². The van der Waals surface area contributed by atoms with Gasteiger partial charge in [-0.15, -0.1) is 0 Å². The van der Waals surface area contributed by atoms with Crippen molar-refractivity contribution < 1.29 is 9.90 Å². The molecule has 0 aromatic heterocycles. The molecule has 0 spiro atoms. The van der Waals surface area contributed by atoms with E-state index >= 15 is 0 Å². The van der Waals surface area contributed by atoms with Crippen LogP contribution in [-0.2, 0) is 4.79 Å². The maximum Gasteiger partial charge on any atom is 0.250 e. The van der Waals surface area contributed by atoms with E-state index in [2.05, 4.69) is 5.32 Å². The number of aliphatic hydroxyl groups is 1. The van der Waals surface area contributed by atoms with Crippen LogP contribution in [0.1, 0.15) is 83.5 Å². The van der Waals surface area contributed by atoms with Gasteiger partial charge in [0, 0.05) is 12.6 Å². The highest BCUT2D eigenvalue weighted by molar-refractivity contribution is 5.81. The normalized spacial score (nSPS) is 38.9. The van der Waals surface area contributed by atoms with Crippen molar-refractivity contribution in [3.63, 3.8) is 0 Å². The fraction of sp³-hybridized carbons (Fsp3) is 0.955. The van der Waals surface area contributed by atoms with Crippen LogP contribution in [0.4, 0.5) is 0 Å². The van der Waals surface area contributed by atoms with Gasteiger partial charge in [-0.05, 0) is 80.5 Å². The molecule has 1 amide bonds. The number of nitrogens with two attached hydrogens (primary N) is 1. The Hall–Kier alpha value is -0.610. The molecule has 5 fully saturated rings. The molecule has 5 aliphatic rings. The topological polar surface area (TPSA) is 75.3 Å². The summed E-state index contributed by atoms with van der Waals surface area (Å²) in [5.41, 5.74) is 6.64. The minimum absolute atomic E-state index is 0.252. The van der Waals surface area contributed by atoms with E-state index in [1.165, 1.54) is 70.6 Å². The molecule has 4 bridgehead atoms. The minimum Gasteiger partial charge on any atom is -0.382 e. The average Bonchev–Trinajstić information content (AvgIpc) is 2.60. The minimum atomic E-state index is -1.05. The summed E-state index contributed by atoms with van der Waals surface area (Å²) in [4.78, 5) is 12.4. The molecule has 148 valence electrons. The predicted molar refractivity (Wildman–Crippen MR) is 103 cm³/mol. The highest BCUT2D eigenvalue weighted by atomic mass is 16.3. The number of nitrogens with one attached hydrogen (secondary N) is 1. The summed E-state index contributed by atoms with van der Waals surface area (Å²) in [6.07, 6.45) is 15.6. The number of hydrogen-bond donors (Lipinski definition) is 3. The van der Waals surface area contributed by atoms with Gasteiger partial charge in [0.1, 0.15) is 6.10 Å². The number of carbonyl (C=O) groups excluding carboxylic acids is 1. The quantitative estimate of drug-likeness (QED) is 0.650. The summed E-state index contributed by atoms with van der Waals surface area (Å²) in [6.45, 7) is 0.707. The Morgan fingerprint density at radius 2 is 1.62 bits per heavy atom. The summed E-state index contributed by atoms with van der Waals surface area (Å²) in [6, 6.07) is -0.419. The number of amides is 1. The fourth-order valence-electron chi connectivity index (χ4n) is 7.28. The third-order valence-corrected chi connectivity index (χ3v) is 8.12. The van der Waals surface area contributed by atoms with Crippen LogP contribution >= 0.6 is 0 Å².